The van der Waals surface area contributed by atoms with Gasteiger partial charge in [-0.3, -0.25) is 9.69 Å². The molecule has 4 aromatic rings. The van der Waals surface area contributed by atoms with Crippen LogP contribution in [0.1, 0.15) is 24.2 Å². The molecule has 7 nitrogen and oxygen atoms in total. The Balaban J connectivity index is 0.00000380. The maximum Gasteiger partial charge on any atom is 0.263 e. The lowest BCUT2D eigenvalue weighted by Gasteiger charge is -2.25. The molecule has 0 atom stereocenters. The molecule has 3 aromatic carbocycles. The van der Waals surface area contributed by atoms with E-state index in [9.17, 15) is 4.79 Å². The van der Waals surface area contributed by atoms with Crippen LogP contribution in [0.5, 0.6) is 23.0 Å². The summed E-state index contributed by atoms with van der Waals surface area (Å²) in [6.07, 6.45) is 0. The van der Waals surface area contributed by atoms with Crippen molar-refractivity contribution in [3.8, 4) is 23.0 Å². The van der Waals surface area contributed by atoms with Crippen LogP contribution in [0.15, 0.2) is 66.7 Å². The summed E-state index contributed by atoms with van der Waals surface area (Å²) in [5.41, 5.74) is 1.14. The van der Waals surface area contributed by atoms with Gasteiger partial charge >= 0.3 is 0 Å². The van der Waals surface area contributed by atoms with Crippen molar-refractivity contribution >= 4 is 45.0 Å². The minimum Gasteiger partial charge on any atom is -0.495 e. The Morgan fingerprint density at radius 2 is 1.49 bits per heavy atom. The molecule has 4 rings (SSSR count). The zero-order chi connectivity index (χ0) is 25.5. The smallest absolute Gasteiger partial charge is 0.263 e. The highest BCUT2D eigenvalue weighted by atomic mass is 35.5. The van der Waals surface area contributed by atoms with Crippen molar-refractivity contribution < 1.29 is 19.0 Å². The molecular weight excluding hydrogens is 510 g/mol. The van der Waals surface area contributed by atoms with Crippen LogP contribution in [0.25, 0.3) is 10.2 Å². The molecule has 0 spiro atoms. The Bertz CT molecular complexity index is 1270. The minimum absolute atomic E-state index is 0. The first-order valence-electron chi connectivity index (χ1n) is 12.0. The number of nitrogens with zero attached hydrogens (tertiary/aromatic N) is 3. The first-order valence-corrected chi connectivity index (χ1v) is 12.8. The molecule has 0 unspecified atom stereocenters. The summed E-state index contributed by atoms with van der Waals surface area (Å²) in [5, 5.41) is 0.583. The number of aromatic nitrogens is 1. The molecule has 37 heavy (non-hydrogen) atoms. The zero-order valence-electron chi connectivity index (χ0n) is 21.5. The number of benzene rings is 3. The minimum atomic E-state index is -0.175. The van der Waals surface area contributed by atoms with Gasteiger partial charge in [0.25, 0.3) is 5.91 Å². The van der Waals surface area contributed by atoms with Crippen LogP contribution >= 0.6 is 23.7 Å². The van der Waals surface area contributed by atoms with Gasteiger partial charge in [-0.15, -0.1) is 12.4 Å². The number of thiazole rings is 1. The Kier molecular flexibility index (Phi) is 10.1. The number of likely N-dealkylation sites (N-methyl/N-ethyl adjacent to an activating group) is 1. The van der Waals surface area contributed by atoms with Crippen molar-refractivity contribution in [2.45, 2.75) is 13.8 Å². The molecule has 9 heteroatoms. The number of methoxy groups -OCH3 is 2. The number of hydrogen-bond donors (Lipinski definition) is 0. The van der Waals surface area contributed by atoms with Gasteiger partial charge in [0.2, 0.25) is 0 Å². The number of para-hydroxylation sites is 2. The highest BCUT2D eigenvalue weighted by Crippen LogP contribution is 2.40. The standard InChI is InChI=1S/C28H31N3O4S.ClH/c1-5-30(6-2)18-19-31(28-29-25-23(33-3)16-17-24(34-4)26(25)36-28)27(32)21-14-10-11-15-22(21)35-20-12-8-7-9-13-20;/h7-17H,5-6,18-19H2,1-4H3;1H. The van der Waals surface area contributed by atoms with Crippen LogP contribution in [0, 0.1) is 0 Å². The highest BCUT2D eigenvalue weighted by Gasteiger charge is 2.26. The van der Waals surface area contributed by atoms with E-state index >= 15 is 0 Å². The molecule has 1 heterocycles. The summed E-state index contributed by atoms with van der Waals surface area (Å²) in [4.78, 5) is 22.9. The fourth-order valence-corrected chi connectivity index (χ4v) is 5.05. The average Bonchev–Trinajstić information content (AvgIpc) is 3.36. The second kappa shape index (κ2) is 13.3. The van der Waals surface area contributed by atoms with E-state index in [1.54, 1.807) is 25.2 Å². The molecule has 0 bridgehead atoms. The predicted octanol–water partition coefficient (Wildman–Crippen LogP) is 6.52. The van der Waals surface area contributed by atoms with Crippen LogP contribution in [-0.2, 0) is 0 Å². The summed E-state index contributed by atoms with van der Waals surface area (Å²) in [7, 11) is 3.24. The third-order valence-corrected chi connectivity index (χ3v) is 7.09. The van der Waals surface area contributed by atoms with Gasteiger partial charge in [0.1, 0.15) is 33.2 Å². The fraction of sp³-hybridized carbons (Fsp3) is 0.286. The third kappa shape index (κ3) is 6.33. The molecule has 0 N–H and O–H groups in total. The van der Waals surface area contributed by atoms with Crippen LogP contribution in [-0.4, -0.2) is 56.2 Å². The summed E-state index contributed by atoms with van der Waals surface area (Å²) in [6.45, 7) is 7.22. The molecular formula is C28H32ClN3O4S. The number of anilines is 1. The molecule has 1 aromatic heterocycles. The zero-order valence-corrected chi connectivity index (χ0v) is 23.1. The van der Waals surface area contributed by atoms with Crippen molar-refractivity contribution in [1.29, 1.82) is 0 Å². The van der Waals surface area contributed by atoms with Crippen molar-refractivity contribution in [1.82, 2.24) is 9.88 Å². The molecule has 0 aliphatic carbocycles. The largest absolute Gasteiger partial charge is 0.495 e. The number of carbonyl (C=O) groups excluding carboxylic acids is 1. The number of fused-ring (bicyclic) bond motifs is 1. The van der Waals surface area contributed by atoms with Crippen molar-refractivity contribution in [3.63, 3.8) is 0 Å². The number of halogens is 1. The van der Waals surface area contributed by atoms with Crippen LogP contribution in [0.2, 0.25) is 0 Å². The summed E-state index contributed by atoms with van der Waals surface area (Å²) in [5.74, 6) is 2.32. The maximum absolute atomic E-state index is 14.1. The fourth-order valence-electron chi connectivity index (χ4n) is 3.95. The summed E-state index contributed by atoms with van der Waals surface area (Å²) in [6, 6.07) is 20.5. The van der Waals surface area contributed by atoms with Gasteiger partial charge in [0.15, 0.2) is 5.13 Å². The van der Waals surface area contributed by atoms with Gasteiger partial charge in [0.05, 0.1) is 19.8 Å². The Morgan fingerprint density at radius 3 is 2.16 bits per heavy atom. The number of carbonyl (C=O) groups is 1. The second-order valence-corrected chi connectivity index (χ2v) is 9.02. The SMILES string of the molecule is CCN(CC)CCN(C(=O)c1ccccc1Oc1ccccc1)c1nc2c(OC)ccc(OC)c2s1.Cl. The van der Waals surface area contributed by atoms with Crippen LogP contribution < -0.4 is 19.1 Å². The van der Waals surface area contributed by atoms with E-state index in [1.165, 1.54) is 11.3 Å². The molecule has 196 valence electrons. The third-order valence-electron chi connectivity index (χ3n) is 6.00. The molecule has 0 radical (unpaired) electrons. The van der Waals surface area contributed by atoms with E-state index in [-0.39, 0.29) is 18.3 Å². The number of rotatable bonds is 11. The molecule has 0 saturated carbocycles. The molecule has 0 fully saturated rings. The summed E-state index contributed by atoms with van der Waals surface area (Å²) < 4.78 is 18.0. The van der Waals surface area contributed by atoms with Gasteiger partial charge in [-0.1, -0.05) is 55.5 Å². The Labute approximate surface area is 228 Å². The molecule has 1 amide bonds. The first-order chi connectivity index (χ1) is 17.6. The lowest BCUT2D eigenvalue weighted by Crippen LogP contribution is -2.39. The lowest BCUT2D eigenvalue weighted by atomic mass is 10.1. The van der Waals surface area contributed by atoms with Gasteiger partial charge < -0.3 is 19.1 Å². The highest BCUT2D eigenvalue weighted by molar-refractivity contribution is 7.22. The quantitative estimate of drug-likeness (QED) is 0.215. The van der Waals surface area contributed by atoms with Gasteiger partial charge in [-0.25, -0.2) is 4.98 Å². The Hall–Kier alpha value is -3.33. The number of ether oxygens (including phenoxy) is 3. The first kappa shape index (κ1) is 28.2. The van der Waals surface area contributed by atoms with Crippen LogP contribution in [0.3, 0.4) is 0 Å². The molecule has 0 aliphatic heterocycles. The van der Waals surface area contributed by atoms with E-state index in [0.29, 0.717) is 52.3 Å². The normalized spacial score (nSPS) is 10.7. The van der Waals surface area contributed by atoms with Crippen molar-refractivity contribution in [2.75, 3.05) is 45.3 Å². The maximum atomic E-state index is 14.1. The average molecular weight is 542 g/mol. The van der Waals surface area contributed by atoms with Crippen molar-refractivity contribution in [2.24, 2.45) is 0 Å². The topological polar surface area (TPSA) is 64.1 Å². The van der Waals surface area contributed by atoms with E-state index in [0.717, 1.165) is 17.8 Å². The van der Waals surface area contributed by atoms with Gasteiger partial charge in [0, 0.05) is 13.1 Å². The van der Waals surface area contributed by atoms with E-state index in [1.807, 2.05) is 60.7 Å². The number of hydrogen-bond acceptors (Lipinski definition) is 7. The monoisotopic (exact) mass is 541 g/mol. The van der Waals surface area contributed by atoms with Gasteiger partial charge in [-0.05, 0) is 49.5 Å². The molecule has 0 aliphatic rings. The van der Waals surface area contributed by atoms with E-state index < -0.39 is 0 Å². The molecule has 0 saturated heterocycles. The van der Waals surface area contributed by atoms with Crippen LogP contribution in [0.4, 0.5) is 5.13 Å². The predicted molar refractivity (Wildman–Crippen MR) is 152 cm³/mol. The van der Waals surface area contributed by atoms with E-state index in [2.05, 4.69) is 18.7 Å². The van der Waals surface area contributed by atoms with Gasteiger partial charge in [-0.2, -0.15) is 0 Å². The van der Waals surface area contributed by atoms with Crippen molar-refractivity contribution in [3.05, 3.63) is 72.3 Å². The summed E-state index contributed by atoms with van der Waals surface area (Å²) >= 11 is 1.42. The number of amides is 1. The lowest BCUT2D eigenvalue weighted by molar-refractivity contribution is 0.0981. The van der Waals surface area contributed by atoms with E-state index in [4.69, 9.17) is 19.2 Å². The second-order valence-electron chi connectivity index (χ2n) is 8.04. The Morgan fingerprint density at radius 1 is 0.838 bits per heavy atom.